The average Bonchev–Trinajstić information content (AvgIpc) is 2.83. The molecule has 1 aromatic rings. The van der Waals surface area contributed by atoms with E-state index in [1.807, 2.05) is 38.1 Å². The number of ether oxygens (including phenoxy) is 1. The Kier molecular flexibility index (Phi) is 10.8. The molecule has 0 saturated carbocycles. The number of esters is 1. The standard InChI is InChI=1S/C30H43NO5/c1-7-11-25-28(33)29(5,6)18-17-27(32)36-26(22(3)20-24-14-8-9-19-31-24)16-15-21(2)12-10-13-23(4)30(25,34)35/h7-9,14-15,19-20,23,25-26,34-35H,1,10-13,16-18H2,2-6H3. The van der Waals surface area contributed by atoms with Crippen LogP contribution in [0.5, 0.6) is 0 Å². The largest absolute Gasteiger partial charge is 0.457 e. The zero-order chi connectivity index (χ0) is 26.9. The quantitative estimate of drug-likeness (QED) is 0.310. The van der Waals surface area contributed by atoms with Crippen molar-refractivity contribution >= 4 is 17.8 Å². The summed E-state index contributed by atoms with van der Waals surface area (Å²) in [4.78, 5) is 30.7. The van der Waals surface area contributed by atoms with Gasteiger partial charge in [-0.1, -0.05) is 44.6 Å². The van der Waals surface area contributed by atoms with E-state index in [-0.39, 0.29) is 31.0 Å². The molecule has 2 N–H and O–H groups in total. The smallest absolute Gasteiger partial charge is 0.306 e. The van der Waals surface area contributed by atoms with Crippen molar-refractivity contribution in [2.45, 2.75) is 91.5 Å². The van der Waals surface area contributed by atoms with Crippen LogP contribution in [0.25, 0.3) is 6.08 Å². The first-order valence-corrected chi connectivity index (χ1v) is 12.9. The van der Waals surface area contributed by atoms with Crippen LogP contribution in [0.3, 0.4) is 0 Å². The van der Waals surface area contributed by atoms with E-state index in [2.05, 4.69) is 17.6 Å². The van der Waals surface area contributed by atoms with Crippen molar-refractivity contribution in [2.75, 3.05) is 0 Å². The lowest BCUT2D eigenvalue weighted by Gasteiger charge is -2.39. The van der Waals surface area contributed by atoms with Crippen molar-refractivity contribution in [3.8, 4) is 0 Å². The molecule has 3 unspecified atom stereocenters. The minimum atomic E-state index is -2.16. The van der Waals surface area contributed by atoms with E-state index in [1.165, 1.54) is 0 Å². The highest BCUT2D eigenvalue weighted by Crippen LogP contribution is 2.38. The number of rotatable bonds is 4. The van der Waals surface area contributed by atoms with E-state index in [4.69, 9.17) is 4.74 Å². The third-order valence-corrected chi connectivity index (χ3v) is 7.31. The Labute approximate surface area is 216 Å². The van der Waals surface area contributed by atoms with Gasteiger partial charge in [-0.3, -0.25) is 14.6 Å². The van der Waals surface area contributed by atoms with Crippen LogP contribution in [-0.2, 0) is 14.3 Å². The van der Waals surface area contributed by atoms with Crippen LogP contribution in [0.4, 0.5) is 0 Å². The van der Waals surface area contributed by atoms with E-state index < -0.39 is 29.1 Å². The maximum Gasteiger partial charge on any atom is 0.306 e. The van der Waals surface area contributed by atoms with Crippen LogP contribution in [0, 0.1) is 17.3 Å². The van der Waals surface area contributed by atoms with Crippen LogP contribution in [0.2, 0.25) is 0 Å². The molecule has 0 spiro atoms. The van der Waals surface area contributed by atoms with Gasteiger partial charge in [0.25, 0.3) is 0 Å². The number of carbonyl (C=O) groups is 2. The second-order valence-corrected chi connectivity index (χ2v) is 10.8. The predicted molar refractivity (Wildman–Crippen MR) is 143 cm³/mol. The Balaban J connectivity index is 2.36. The Morgan fingerprint density at radius 1 is 1.25 bits per heavy atom. The summed E-state index contributed by atoms with van der Waals surface area (Å²) in [6, 6.07) is 5.67. The van der Waals surface area contributed by atoms with Gasteiger partial charge in [0.2, 0.25) is 0 Å². The monoisotopic (exact) mass is 497 g/mol. The lowest BCUT2D eigenvalue weighted by molar-refractivity contribution is -0.233. The van der Waals surface area contributed by atoms with Gasteiger partial charge in [0.15, 0.2) is 5.79 Å². The Morgan fingerprint density at radius 3 is 2.61 bits per heavy atom. The van der Waals surface area contributed by atoms with E-state index in [9.17, 15) is 19.8 Å². The number of hydrogen-bond acceptors (Lipinski definition) is 6. The number of nitrogens with zero attached hydrogens (tertiary/aromatic N) is 1. The number of cyclic esters (lactones) is 1. The van der Waals surface area contributed by atoms with Gasteiger partial charge in [0.05, 0.1) is 11.6 Å². The first-order valence-electron chi connectivity index (χ1n) is 12.9. The molecule has 0 saturated heterocycles. The van der Waals surface area contributed by atoms with Crippen LogP contribution < -0.4 is 0 Å². The van der Waals surface area contributed by atoms with Gasteiger partial charge in [-0.25, -0.2) is 0 Å². The fourth-order valence-corrected chi connectivity index (χ4v) is 4.63. The molecule has 2 rings (SSSR count). The number of Topliss-reactive ketones (excluding diaryl/α,β-unsaturated/α-hetero) is 1. The summed E-state index contributed by atoms with van der Waals surface area (Å²) in [5.41, 5.74) is 1.89. The predicted octanol–water partition coefficient (Wildman–Crippen LogP) is 5.80. The number of aromatic nitrogens is 1. The molecule has 1 aliphatic rings. The van der Waals surface area contributed by atoms with Crippen LogP contribution in [0.15, 0.2) is 54.3 Å². The molecular formula is C30H43NO5. The van der Waals surface area contributed by atoms with E-state index in [0.717, 1.165) is 29.7 Å². The summed E-state index contributed by atoms with van der Waals surface area (Å²) in [5, 5.41) is 22.1. The lowest BCUT2D eigenvalue weighted by atomic mass is 9.71. The molecule has 3 atom stereocenters. The molecular weight excluding hydrogens is 454 g/mol. The maximum atomic E-state index is 13.5. The molecule has 1 aromatic heterocycles. The average molecular weight is 498 g/mol. The molecule has 36 heavy (non-hydrogen) atoms. The van der Waals surface area contributed by atoms with Gasteiger partial charge < -0.3 is 14.9 Å². The molecule has 0 radical (unpaired) electrons. The van der Waals surface area contributed by atoms with Crippen molar-refractivity contribution in [1.29, 1.82) is 0 Å². The summed E-state index contributed by atoms with van der Waals surface area (Å²) in [6.45, 7) is 13.0. The van der Waals surface area contributed by atoms with Gasteiger partial charge in [-0.15, -0.1) is 6.58 Å². The number of hydrogen-bond donors (Lipinski definition) is 2. The molecule has 0 aliphatic carbocycles. The van der Waals surface area contributed by atoms with Gasteiger partial charge in [0.1, 0.15) is 11.9 Å². The maximum absolute atomic E-state index is 13.5. The van der Waals surface area contributed by atoms with Gasteiger partial charge >= 0.3 is 5.97 Å². The second-order valence-electron chi connectivity index (χ2n) is 10.8. The first kappa shape index (κ1) is 29.7. The number of carbonyl (C=O) groups excluding carboxylic acids is 2. The van der Waals surface area contributed by atoms with Crippen LogP contribution in [-0.4, -0.2) is 38.8 Å². The van der Waals surface area contributed by atoms with Crippen molar-refractivity contribution < 1.29 is 24.5 Å². The summed E-state index contributed by atoms with van der Waals surface area (Å²) >= 11 is 0. The summed E-state index contributed by atoms with van der Waals surface area (Å²) in [5.74, 6) is -4.34. The van der Waals surface area contributed by atoms with Gasteiger partial charge in [-0.05, 0) is 69.7 Å². The number of allylic oxidation sites excluding steroid dienone is 2. The van der Waals surface area contributed by atoms with Crippen LogP contribution in [0.1, 0.15) is 85.3 Å². The minimum Gasteiger partial charge on any atom is -0.457 e. The van der Waals surface area contributed by atoms with Crippen LogP contribution >= 0.6 is 0 Å². The van der Waals surface area contributed by atoms with Gasteiger partial charge in [0, 0.05) is 30.4 Å². The zero-order valence-corrected chi connectivity index (χ0v) is 22.5. The fourth-order valence-electron chi connectivity index (χ4n) is 4.63. The Hall–Kier alpha value is -2.57. The topological polar surface area (TPSA) is 96.7 Å². The van der Waals surface area contributed by atoms with Crippen molar-refractivity contribution in [3.63, 3.8) is 0 Å². The van der Waals surface area contributed by atoms with E-state index >= 15 is 0 Å². The van der Waals surface area contributed by atoms with Gasteiger partial charge in [-0.2, -0.15) is 0 Å². The number of pyridine rings is 1. The highest BCUT2D eigenvalue weighted by Gasteiger charge is 2.47. The fraction of sp³-hybridized carbons (Fsp3) is 0.567. The van der Waals surface area contributed by atoms with Crippen molar-refractivity contribution in [2.24, 2.45) is 17.3 Å². The molecule has 0 amide bonds. The Bertz CT molecular complexity index is 961. The molecule has 0 fully saturated rings. The molecule has 1 aliphatic heterocycles. The molecule has 0 aromatic carbocycles. The summed E-state index contributed by atoms with van der Waals surface area (Å²) in [6.07, 6.45) is 9.93. The molecule has 2 heterocycles. The normalized spacial score (nSPS) is 26.6. The highest BCUT2D eigenvalue weighted by atomic mass is 16.5. The molecule has 0 bridgehead atoms. The lowest BCUT2D eigenvalue weighted by Crippen LogP contribution is -2.50. The third-order valence-electron chi connectivity index (χ3n) is 7.31. The molecule has 6 heteroatoms. The number of aliphatic hydroxyl groups is 2. The zero-order valence-electron chi connectivity index (χ0n) is 22.5. The number of ketones is 1. The second kappa shape index (κ2) is 13.1. The van der Waals surface area contributed by atoms with E-state index in [1.54, 1.807) is 33.0 Å². The highest BCUT2D eigenvalue weighted by molar-refractivity contribution is 5.87. The Morgan fingerprint density at radius 2 is 1.97 bits per heavy atom. The van der Waals surface area contributed by atoms with Crippen molar-refractivity contribution in [3.05, 3.63) is 60.0 Å². The summed E-state index contributed by atoms with van der Waals surface area (Å²) < 4.78 is 5.89. The third kappa shape index (κ3) is 8.24. The summed E-state index contributed by atoms with van der Waals surface area (Å²) in [7, 11) is 0. The van der Waals surface area contributed by atoms with Crippen molar-refractivity contribution in [1.82, 2.24) is 4.98 Å². The van der Waals surface area contributed by atoms with E-state index in [0.29, 0.717) is 12.8 Å². The first-order chi connectivity index (χ1) is 16.9. The molecule has 198 valence electrons. The molecule has 6 nitrogen and oxygen atoms in total. The minimum absolute atomic E-state index is 0.0506. The SMILES string of the molecule is C=CCC1C(=O)C(C)(C)CCC(=O)OC(C(C)=Cc2ccccn2)CC=C(C)CCCC(C)C1(O)O.